The molecule has 1 unspecified atom stereocenters. The maximum Gasteiger partial charge on any atom is 0.418 e. The molecule has 0 saturated carbocycles. The van der Waals surface area contributed by atoms with E-state index in [4.69, 9.17) is 16.7 Å². The van der Waals surface area contributed by atoms with Crippen LogP contribution in [0.2, 0.25) is 0 Å². The lowest BCUT2D eigenvalue weighted by Gasteiger charge is -2.23. The molecular formula is C12H9ClF9NO. The van der Waals surface area contributed by atoms with Gasteiger partial charge in [-0.2, -0.15) is 39.5 Å². The van der Waals surface area contributed by atoms with Gasteiger partial charge in [0.2, 0.25) is 0 Å². The van der Waals surface area contributed by atoms with Crippen LogP contribution in [-0.2, 0) is 18.5 Å². The molecule has 0 amide bonds. The molecule has 2 nitrogen and oxygen atoms in total. The second-order valence-corrected chi connectivity index (χ2v) is 4.94. The Balaban J connectivity index is 3.62. The van der Waals surface area contributed by atoms with E-state index < -0.39 is 71.6 Å². The van der Waals surface area contributed by atoms with Crippen molar-refractivity contribution in [2.24, 2.45) is 0 Å². The van der Waals surface area contributed by atoms with Crippen LogP contribution in [0.3, 0.4) is 0 Å². The molecule has 12 heteroatoms. The van der Waals surface area contributed by atoms with Crippen LogP contribution in [-0.4, -0.2) is 23.6 Å². The predicted molar refractivity (Wildman–Crippen MR) is 66.7 cm³/mol. The van der Waals surface area contributed by atoms with Crippen molar-refractivity contribution in [2.75, 3.05) is 17.7 Å². The topological polar surface area (TPSA) is 32.3 Å². The number of anilines is 1. The lowest BCUT2D eigenvalue weighted by molar-refractivity contribution is -0.147. The Bertz CT molecular complexity index is 544. The predicted octanol–water partition coefficient (Wildman–Crippen LogP) is 4.75. The van der Waals surface area contributed by atoms with Crippen molar-refractivity contribution in [2.45, 2.75) is 24.6 Å². The molecule has 0 bridgehead atoms. The summed E-state index contributed by atoms with van der Waals surface area (Å²) in [5.41, 5.74) is -7.99. The number of hydrogen-bond donors (Lipinski definition) is 2. The lowest BCUT2D eigenvalue weighted by Crippen LogP contribution is -2.25. The molecule has 0 aliphatic carbocycles. The van der Waals surface area contributed by atoms with E-state index in [1.54, 1.807) is 5.32 Å². The number of nitrogens with one attached hydrogen (secondary N) is 1. The van der Waals surface area contributed by atoms with Crippen molar-refractivity contribution in [3.63, 3.8) is 0 Å². The Morgan fingerprint density at radius 3 is 1.58 bits per heavy atom. The van der Waals surface area contributed by atoms with Crippen molar-refractivity contribution < 1.29 is 44.6 Å². The highest BCUT2D eigenvalue weighted by Crippen LogP contribution is 2.46. The highest BCUT2D eigenvalue weighted by molar-refractivity contribution is 6.18. The van der Waals surface area contributed by atoms with Crippen LogP contribution < -0.4 is 5.32 Å². The van der Waals surface area contributed by atoms with Crippen LogP contribution >= 0.6 is 11.6 Å². The third-order valence-electron chi connectivity index (χ3n) is 2.77. The zero-order chi connectivity index (χ0) is 18.9. The molecule has 0 aliphatic rings. The maximum absolute atomic E-state index is 12.9. The van der Waals surface area contributed by atoms with Gasteiger partial charge in [0.25, 0.3) is 0 Å². The van der Waals surface area contributed by atoms with Crippen molar-refractivity contribution in [1.82, 2.24) is 0 Å². The Kier molecular flexibility index (Phi) is 5.92. The maximum atomic E-state index is 12.9. The monoisotopic (exact) mass is 389 g/mol. The first kappa shape index (κ1) is 20.7. The lowest BCUT2D eigenvalue weighted by atomic mass is 10.0. The van der Waals surface area contributed by atoms with Gasteiger partial charge in [0, 0.05) is 6.54 Å². The smallest absolute Gasteiger partial charge is 0.390 e. The van der Waals surface area contributed by atoms with Crippen LogP contribution in [0.5, 0.6) is 0 Å². The molecule has 1 rings (SSSR count). The fourth-order valence-corrected chi connectivity index (χ4v) is 1.83. The van der Waals surface area contributed by atoms with Gasteiger partial charge in [-0.25, -0.2) is 0 Å². The summed E-state index contributed by atoms with van der Waals surface area (Å²) in [7, 11) is 0. The molecule has 2 N–H and O–H groups in total. The zero-order valence-electron chi connectivity index (χ0n) is 11.4. The SMILES string of the molecule is OC(CCl)CNc1c(C(F)(F)F)cc(C(F)(F)F)cc1C(F)(F)F. The Hall–Kier alpha value is -1.36. The molecule has 0 radical (unpaired) electrons. The minimum Gasteiger partial charge on any atom is -0.390 e. The molecule has 1 aromatic carbocycles. The third-order valence-corrected chi connectivity index (χ3v) is 3.13. The number of aliphatic hydroxyl groups is 1. The van der Waals surface area contributed by atoms with Crippen LogP contribution in [0.4, 0.5) is 45.2 Å². The quantitative estimate of drug-likeness (QED) is 0.575. The highest BCUT2D eigenvalue weighted by Gasteiger charge is 2.44. The number of aliphatic hydroxyl groups excluding tert-OH is 1. The van der Waals surface area contributed by atoms with Crippen LogP contribution in [0.15, 0.2) is 12.1 Å². The first-order chi connectivity index (χ1) is 10.7. The number of hydrogen-bond acceptors (Lipinski definition) is 2. The summed E-state index contributed by atoms with van der Waals surface area (Å²) in [6, 6.07) is -0.852. The van der Waals surface area contributed by atoms with Crippen molar-refractivity contribution in [1.29, 1.82) is 0 Å². The second kappa shape index (κ2) is 6.87. The van der Waals surface area contributed by atoms with Gasteiger partial charge in [0.1, 0.15) is 0 Å². The van der Waals surface area contributed by atoms with E-state index in [9.17, 15) is 39.5 Å². The van der Waals surface area contributed by atoms with Gasteiger partial charge < -0.3 is 10.4 Å². The molecule has 0 aliphatic heterocycles. The Morgan fingerprint density at radius 2 is 1.29 bits per heavy atom. The molecule has 0 saturated heterocycles. The summed E-state index contributed by atoms with van der Waals surface area (Å²) in [5.74, 6) is -0.504. The Labute approximate surface area is 134 Å². The molecule has 24 heavy (non-hydrogen) atoms. The van der Waals surface area contributed by atoms with E-state index in [-0.39, 0.29) is 0 Å². The van der Waals surface area contributed by atoms with Crippen molar-refractivity contribution >= 4 is 17.3 Å². The fourth-order valence-electron chi connectivity index (χ4n) is 1.72. The van der Waals surface area contributed by atoms with E-state index in [2.05, 4.69) is 0 Å². The van der Waals surface area contributed by atoms with Crippen LogP contribution in [0.25, 0.3) is 0 Å². The molecular weight excluding hydrogens is 381 g/mol. The number of alkyl halides is 10. The van der Waals surface area contributed by atoms with Gasteiger partial charge in [0.15, 0.2) is 0 Å². The molecule has 0 heterocycles. The van der Waals surface area contributed by atoms with Gasteiger partial charge in [-0.15, -0.1) is 11.6 Å². The van der Waals surface area contributed by atoms with Gasteiger partial charge >= 0.3 is 18.5 Å². The van der Waals surface area contributed by atoms with Gasteiger partial charge in [-0.1, -0.05) is 0 Å². The van der Waals surface area contributed by atoms with Crippen molar-refractivity contribution in [3.8, 4) is 0 Å². The largest absolute Gasteiger partial charge is 0.418 e. The minimum absolute atomic E-state index is 0.426. The summed E-state index contributed by atoms with van der Waals surface area (Å²) in [6.45, 7) is -0.818. The van der Waals surface area contributed by atoms with Gasteiger partial charge in [-0.05, 0) is 12.1 Å². The zero-order valence-corrected chi connectivity index (χ0v) is 12.1. The minimum atomic E-state index is -5.49. The summed E-state index contributed by atoms with van der Waals surface area (Å²) in [4.78, 5) is 0. The molecule has 1 atom stereocenters. The van der Waals surface area contributed by atoms with E-state index >= 15 is 0 Å². The summed E-state index contributed by atoms with van der Waals surface area (Å²) >= 11 is 5.18. The van der Waals surface area contributed by atoms with Crippen LogP contribution in [0, 0.1) is 0 Å². The normalized spacial score (nSPS) is 14.6. The van der Waals surface area contributed by atoms with E-state index in [1.807, 2.05) is 0 Å². The first-order valence-corrected chi connectivity index (χ1v) is 6.59. The average molecular weight is 390 g/mol. The number of halogens is 10. The molecule has 1 aromatic rings. The standard InChI is InChI=1S/C12H9ClF9NO/c13-3-6(24)4-23-9-7(11(17,18)19)1-5(10(14,15)16)2-8(9)12(20,21)22/h1-2,6,23-24H,3-4H2. The summed E-state index contributed by atoms with van der Waals surface area (Å²) in [5, 5.41) is 10.8. The number of rotatable bonds is 4. The first-order valence-electron chi connectivity index (χ1n) is 6.05. The third kappa shape index (κ3) is 5.07. The average Bonchev–Trinajstić information content (AvgIpc) is 2.40. The van der Waals surface area contributed by atoms with E-state index in [0.717, 1.165) is 0 Å². The summed E-state index contributed by atoms with van der Waals surface area (Å²) < 4.78 is 115. The van der Waals surface area contributed by atoms with E-state index in [1.165, 1.54) is 0 Å². The summed E-state index contributed by atoms with van der Waals surface area (Å²) in [6.07, 6.45) is -17.9. The molecule has 0 spiro atoms. The van der Waals surface area contributed by atoms with Crippen molar-refractivity contribution in [3.05, 3.63) is 28.8 Å². The van der Waals surface area contributed by atoms with Gasteiger partial charge in [0.05, 0.1) is 34.4 Å². The molecule has 0 fully saturated rings. The van der Waals surface area contributed by atoms with E-state index in [0.29, 0.717) is 0 Å². The number of benzene rings is 1. The second-order valence-electron chi connectivity index (χ2n) is 4.63. The molecule has 138 valence electrons. The Morgan fingerprint density at radius 1 is 0.875 bits per heavy atom. The molecule has 0 aromatic heterocycles. The fraction of sp³-hybridized carbons (Fsp3) is 0.500. The van der Waals surface area contributed by atoms with Crippen LogP contribution in [0.1, 0.15) is 16.7 Å². The van der Waals surface area contributed by atoms with Gasteiger partial charge in [-0.3, -0.25) is 0 Å². The highest BCUT2D eigenvalue weighted by atomic mass is 35.5.